The summed E-state index contributed by atoms with van der Waals surface area (Å²) >= 11 is 5.83. The largest absolute Gasteiger partial charge is 0.312 e. The molecular formula is C15H16ClNO2. The standard InChI is InChI=1S/C15H16ClNO2/c1-9(16)14(18)12-4-5-13-11(8-12)6-7-17(13)15(19)10-2-3-10/h4-5,8-10H,2-3,6-7H2,1H3/t9-/m0/s1. The summed E-state index contributed by atoms with van der Waals surface area (Å²) in [5.74, 6) is 0.412. The van der Waals surface area contributed by atoms with Crippen LogP contribution in [0.1, 0.15) is 35.7 Å². The van der Waals surface area contributed by atoms with Gasteiger partial charge in [-0.25, -0.2) is 0 Å². The zero-order valence-corrected chi connectivity index (χ0v) is 11.6. The predicted molar refractivity (Wildman–Crippen MR) is 74.9 cm³/mol. The van der Waals surface area contributed by atoms with Gasteiger partial charge in [-0.2, -0.15) is 0 Å². The van der Waals surface area contributed by atoms with Crippen LogP contribution in [0.25, 0.3) is 0 Å². The SMILES string of the molecule is C[C@H](Cl)C(=O)c1ccc2c(c1)CCN2C(=O)C1CC1. The topological polar surface area (TPSA) is 37.4 Å². The number of carbonyl (C=O) groups excluding carboxylic acids is 2. The fourth-order valence-corrected chi connectivity index (χ4v) is 2.69. The van der Waals surface area contributed by atoms with Gasteiger partial charge in [-0.1, -0.05) is 0 Å². The summed E-state index contributed by atoms with van der Waals surface area (Å²) in [5.41, 5.74) is 2.69. The van der Waals surface area contributed by atoms with Gasteiger partial charge in [0.1, 0.15) is 0 Å². The third-order valence-electron chi connectivity index (χ3n) is 3.81. The molecule has 1 aromatic rings. The summed E-state index contributed by atoms with van der Waals surface area (Å²) in [6, 6.07) is 5.55. The molecule has 1 amide bonds. The number of alkyl halides is 1. The second-order valence-electron chi connectivity index (χ2n) is 5.34. The number of rotatable bonds is 3. The Morgan fingerprint density at radius 3 is 2.74 bits per heavy atom. The third-order valence-corrected chi connectivity index (χ3v) is 4.01. The van der Waals surface area contributed by atoms with E-state index in [0.717, 1.165) is 37.1 Å². The van der Waals surface area contributed by atoms with Crippen molar-refractivity contribution in [1.82, 2.24) is 0 Å². The van der Waals surface area contributed by atoms with Crippen molar-refractivity contribution >= 4 is 29.0 Å². The van der Waals surface area contributed by atoms with E-state index in [2.05, 4.69) is 0 Å². The maximum Gasteiger partial charge on any atom is 0.230 e. The summed E-state index contributed by atoms with van der Waals surface area (Å²) in [6.07, 6.45) is 2.86. The Kier molecular flexibility index (Phi) is 3.09. The van der Waals surface area contributed by atoms with E-state index >= 15 is 0 Å². The highest BCUT2D eigenvalue weighted by Gasteiger charge is 2.36. The minimum absolute atomic E-state index is 0.0589. The number of nitrogens with zero attached hydrogens (tertiary/aromatic N) is 1. The summed E-state index contributed by atoms with van der Waals surface area (Å²) in [7, 11) is 0. The van der Waals surface area contributed by atoms with Gasteiger partial charge in [-0.3, -0.25) is 9.59 Å². The Morgan fingerprint density at radius 2 is 2.11 bits per heavy atom. The van der Waals surface area contributed by atoms with Gasteiger partial charge in [0.25, 0.3) is 0 Å². The molecule has 1 atom stereocenters. The second kappa shape index (κ2) is 4.64. The summed E-state index contributed by atoms with van der Waals surface area (Å²) in [6.45, 7) is 2.42. The lowest BCUT2D eigenvalue weighted by Gasteiger charge is -2.17. The number of anilines is 1. The molecule has 0 spiro atoms. The van der Waals surface area contributed by atoms with E-state index in [4.69, 9.17) is 11.6 Å². The number of benzene rings is 1. The Labute approximate surface area is 117 Å². The molecule has 2 aliphatic rings. The molecule has 1 aliphatic carbocycles. The quantitative estimate of drug-likeness (QED) is 0.629. The molecule has 0 radical (unpaired) electrons. The van der Waals surface area contributed by atoms with Crippen LogP contribution in [0.3, 0.4) is 0 Å². The van der Waals surface area contributed by atoms with Crippen LogP contribution >= 0.6 is 11.6 Å². The fraction of sp³-hybridized carbons (Fsp3) is 0.467. The van der Waals surface area contributed by atoms with Gasteiger partial charge >= 0.3 is 0 Å². The van der Waals surface area contributed by atoms with Gasteiger partial charge in [0, 0.05) is 23.7 Å². The molecule has 3 nitrogen and oxygen atoms in total. The average molecular weight is 278 g/mol. The molecule has 100 valence electrons. The van der Waals surface area contributed by atoms with Gasteiger partial charge < -0.3 is 4.90 Å². The van der Waals surface area contributed by atoms with Crippen molar-refractivity contribution < 1.29 is 9.59 Å². The lowest BCUT2D eigenvalue weighted by Crippen LogP contribution is -2.30. The minimum atomic E-state index is -0.511. The molecular weight excluding hydrogens is 262 g/mol. The molecule has 1 saturated carbocycles. The molecule has 0 unspecified atom stereocenters. The summed E-state index contributed by atoms with van der Waals surface area (Å²) in [4.78, 5) is 25.9. The van der Waals surface area contributed by atoms with Crippen LogP contribution in [-0.4, -0.2) is 23.6 Å². The van der Waals surface area contributed by atoms with Gasteiger partial charge in [0.2, 0.25) is 5.91 Å². The van der Waals surface area contributed by atoms with E-state index in [0.29, 0.717) is 5.56 Å². The number of hydrogen-bond donors (Lipinski definition) is 0. The molecule has 0 saturated heterocycles. The molecule has 3 rings (SSSR count). The third kappa shape index (κ3) is 2.27. The van der Waals surface area contributed by atoms with Crippen molar-refractivity contribution in [3.63, 3.8) is 0 Å². The smallest absolute Gasteiger partial charge is 0.230 e. The lowest BCUT2D eigenvalue weighted by molar-refractivity contribution is -0.119. The highest BCUT2D eigenvalue weighted by molar-refractivity contribution is 6.33. The van der Waals surface area contributed by atoms with E-state index in [1.54, 1.807) is 13.0 Å². The summed E-state index contributed by atoms with van der Waals surface area (Å²) in [5, 5.41) is -0.511. The van der Waals surface area contributed by atoms with Crippen molar-refractivity contribution in [3.05, 3.63) is 29.3 Å². The molecule has 4 heteroatoms. The van der Waals surface area contributed by atoms with Gasteiger partial charge in [-0.05, 0) is 49.9 Å². The van der Waals surface area contributed by atoms with Crippen LogP contribution in [0.2, 0.25) is 0 Å². The zero-order chi connectivity index (χ0) is 13.6. The first-order valence-electron chi connectivity index (χ1n) is 6.70. The predicted octanol–water partition coefficient (Wildman–Crippen LogP) is 2.80. The van der Waals surface area contributed by atoms with Crippen LogP contribution in [-0.2, 0) is 11.2 Å². The number of amides is 1. The summed E-state index contributed by atoms with van der Waals surface area (Å²) < 4.78 is 0. The number of ketones is 1. The number of halogens is 1. The average Bonchev–Trinajstić information content (AvgIpc) is 3.16. The van der Waals surface area contributed by atoms with Crippen molar-refractivity contribution in [2.24, 2.45) is 5.92 Å². The highest BCUT2D eigenvalue weighted by Crippen LogP contribution is 2.36. The van der Waals surface area contributed by atoms with E-state index in [-0.39, 0.29) is 17.6 Å². The Hall–Kier alpha value is -1.35. The Balaban J connectivity index is 1.87. The van der Waals surface area contributed by atoms with Gasteiger partial charge in [-0.15, -0.1) is 11.6 Å². The molecule has 0 N–H and O–H groups in total. The van der Waals surface area contributed by atoms with Crippen LogP contribution in [0, 0.1) is 5.92 Å². The molecule has 1 fully saturated rings. The number of hydrogen-bond acceptors (Lipinski definition) is 2. The van der Waals surface area contributed by atoms with Crippen molar-refractivity contribution in [3.8, 4) is 0 Å². The Bertz CT molecular complexity index is 549. The number of Topliss-reactive ketones (excluding diaryl/α,β-unsaturated/α-hetero) is 1. The van der Waals surface area contributed by atoms with E-state index in [9.17, 15) is 9.59 Å². The maximum atomic E-state index is 12.1. The monoisotopic (exact) mass is 277 g/mol. The van der Waals surface area contributed by atoms with Gasteiger partial charge in [0.05, 0.1) is 5.38 Å². The second-order valence-corrected chi connectivity index (χ2v) is 5.99. The van der Waals surface area contributed by atoms with E-state index < -0.39 is 5.38 Å². The van der Waals surface area contributed by atoms with Crippen LogP contribution in [0.5, 0.6) is 0 Å². The number of fused-ring (bicyclic) bond motifs is 1. The van der Waals surface area contributed by atoms with E-state index in [1.165, 1.54) is 0 Å². The maximum absolute atomic E-state index is 12.1. The fourth-order valence-electron chi connectivity index (χ4n) is 2.56. The van der Waals surface area contributed by atoms with Gasteiger partial charge in [0.15, 0.2) is 5.78 Å². The van der Waals surface area contributed by atoms with Crippen molar-refractivity contribution in [2.45, 2.75) is 31.6 Å². The molecule has 1 aromatic carbocycles. The lowest BCUT2D eigenvalue weighted by atomic mass is 10.0. The van der Waals surface area contributed by atoms with Crippen molar-refractivity contribution in [1.29, 1.82) is 0 Å². The Morgan fingerprint density at radius 1 is 1.37 bits per heavy atom. The first-order chi connectivity index (χ1) is 9.08. The molecule has 19 heavy (non-hydrogen) atoms. The minimum Gasteiger partial charge on any atom is -0.312 e. The first kappa shape index (κ1) is 12.7. The number of carbonyl (C=O) groups is 2. The van der Waals surface area contributed by atoms with Crippen LogP contribution in [0.4, 0.5) is 5.69 Å². The molecule has 1 heterocycles. The molecule has 0 bridgehead atoms. The highest BCUT2D eigenvalue weighted by atomic mass is 35.5. The van der Waals surface area contributed by atoms with Crippen LogP contribution < -0.4 is 4.90 Å². The van der Waals surface area contributed by atoms with Crippen molar-refractivity contribution in [2.75, 3.05) is 11.4 Å². The van der Waals surface area contributed by atoms with E-state index in [1.807, 2.05) is 17.0 Å². The first-order valence-corrected chi connectivity index (χ1v) is 7.14. The molecule has 0 aromatic heterocycles. The van der Waals surface area contributed by atoms with Crippen LogP contribution in [0.15, 0.2) is 18.2 Å². The molecule has 1 aliphatic heterocycles. The zero-order valence-electron chi connectivity index (χ0n) is 10.9. The normalized spacial score (nSPS) is 19.2.